The van der Waals surface area contributed by atoms with E-state index in [9.17, 15) is 0 Å². The molecule has 0 fully saturated rings. The summed E-state index contributed by atoms with van der Waals surface area (Å²) in [5, 5.41) is 3.91. The van der Waals surface area contributed by atoms with Crippen LogP contribution in [0.5, 0.6) is 0 Å². The molecule has 0 aliphatic carbocycles. The Balaban J connectivity index is 2.60. The van der Waals surface area contributed by atoms with Gasteiger partial charge in [-0.1, -0.05) is 35.3 Å². The molecule has 0 spiro atoms. The molecule has 0 radical (unpaired) electrons. The molecule has 0 amide bonds. The van der Waals surface area contributed by atoms with Gasteiger partial charge in [0.2, 0.25) is 0 Å². The van der Waals surface area contributed by atoms with Gasteiger partial charge in [0.1, 0.15) is 0 Å². The molecule has 0 aliphatic heterocycles. The molecular weight excluding hydrogens is 205 g/mol. The van der Waals surface area contributed by atoms with Gasteiger partial charge in [-0.2, -0.15) is 0 Å². The van der Waals surface area contributed by atoms with Gasteiger partial charge in [0.15, 0.2) is 0 Å². The van der Waals surface area contributed by atoms with Crippen LogP contribution in [0, 0.1) is 0 Å². The maximum Gasteiger partial charge on any atom is 0.0637 e. The summed E-state index contributed by atoms with van der Waals surface area (Å²) in [7, 11) is 0. The first-order valence-corrected chi connectivity index (χ1v) is 4.79. The maximum absolute atomic E-state index is 5.94. The first-order valence-electron chi connectivity index (χ1n) is 3.98. The van der Waals surface area contributed by atoms with Crippen LogP contribution >= 0.6 is 23.2 Å². The Labute approximate surface area is 88.4 Å². The summed E-state index contributed by atoms with van der Waals surface area (Å²) in [4.78, 5) is 0. The fourth-order valence-corrected chi connectivity index (χ4v) is 1.16. The minimum atomic E-state index is 0.716. The molecule has 0 aromatic heterocycles. The predicted octanol–water partition coefficient (Wildman–Crippen LogP) is 3.89. The highest BCUT2D eigenvalue weighted by Gasteiger charge is 1.96. The van der Waals surface area contributed by atoms with E-state index in [2.05, 4.69) is 5.32 Å². The summed E-state index contributed by atoms with van der Waals surface area (Å²) in [5.74, 6) is 0. The lowest BCUT2D eigenvalue weighted by atomic mass is 10.3. The van der Waals surface area contributed by atoms with E-state index in [1.165, 1.54) is 0 Å². The SMILES string of the molecule is C/C(=C/Cl)CNc1ccccc1Cl. The highest BCUT2D eigenvalue weighted by molar-refractivity contribution is 6.33. The van der Waals surface area contributed by atoms with Crippen molar-refractivity contribution in [2.24, 2.45) is 0 Å². The molecule has 0 heterocycles. The number of benzene rings is 1. The Morgan fingerprint density at radius 3 is 2.77 bits per heavy atom. The number of para-hydroxylation sites is 1. The third-order valence-corrected chi connectivity index (χ3v) is 2.32. The Kier molecular flexibility index (Phi) is 4.13. The van der Waals surface area contributed by atoms with Crippen LogP contribution in [-0.4, -0.2) is 6.54 Å². The molecule has 1 nitrogen and oxygen atoms in total. The van der Waals surface area contributed by atoms with Crippen molar-refractivity contribution in [3.63, 3.8) is 0 Å². The molecule has 70 valence electrons. The second kappa shape index (κ2) is 5.15. The van der Waals surface area contributed by atoms with Gasteiger partial charge in [0.25, 0.3) is 0 Å². The van der Waals surface area contributed by atoms with Crippen molar-refractivity contribution in [2.75, 3.05) is 11.9 Å². The summed E-state index contributed by atoms with van der Waals surface area (Å²) >= 11 is 11.5. The first-order chi connectivity index (χ1) is 6.24. The molecule has 1 aromatic carbocycles. The Hall–Kier alpha value is -0.660. The van der Waals surface area contributed by atoms with Crippen LogP contribution < -0.4 is 5.32 Å². The molecule has 1 N–H and O–H groups in total. The van der Waals surface area contributed by atoms with Crippen molar-refractivity contribution in [1.29, 1.82) is 0 Å². The topological polar surface area (TPSA) is 12.0 Å². The third-order valence-electron chi connectivity index (χ3n) is 1.62. The van der Waals surface area contributed by atoms with Gasteiger partial charge in [-0.05, 0) is 24.6 Å². The van der Waals surface area contributed by atoms with Crippen molar-refractivity contribution in [3.8, 4) is 0 Å². The van der Waals surface area contributed by atoms with E-state index in [1.807, 2.05) is 31.2 Å². The average Bonchev–Trinajstić information content (AvgIpc) is 2.16. The zero-order valence-corrected chi connectivity index (χ0v) is 8.86. The number of anilines is 1. The van der Waals surface area contributed by atoms with E-state index < -0.39 is 0 Å². The molecule has 1 aromatic rings. The van der Waals surface area contributed by atoms with Crippen LogP contribution in [-0.2, 0) is 0 Å². The minimum Gasteiger partial charge on any atom is -0.380 e. The predicted molar refractivity (Wildman–Crippen MR) is 59.6 cm³/mol. The molecule has 0 saturated heterocycles. The van der Waals surface area contributed by atoms with E-state index in [4.69, 9.17) is 23.2 Å². The monoisotopic (exact) mass is 215 g/mol. The summed E-state index contributed by atoms with van der Waals surface area (Å²) in [6.45, 7) is 2.67. The highest BCUT2D eigenvalue weighted by atomic mass is 35.5. The molecule has 0 atom stereocenters. The molecule has 13 heavy (non-hydrogen) atoms. The zero-order chi connectivity index (χ0) is 9.68. The van der Waals surface area contributed by atoms with Gasteiger partial charge >= 0.3 is 0 Å². The lowest BCUT2D eigenvalue weighted by Gasteiger charge is -2.07. The fourth-order valence-electron chi connectivity index (χ4n) is 0.878. The fraction of sp³-hybridized carbons (Fsp3) is 0.200. The average molecular weight is 216 g/mol. The largest absolute Gasteiger partial charge is 0.380 e. The van der Waals surface area contributed by atoms with E-state index >= 15 is 0 Å². The van der Waals surface area contributed by atoms with Crippen molar-refractivity contribution >= 4 is 28.9 Å². The van der Waals surface area contributed by atoms with Crippen molar-refractivity contribution in [3.05, 3.63) is 40.4 Å². The summed E-state index contributed by atoms with van der Waals surface area (Å²) < 4.78 is 0. The maximum atomic E-state index is 5.94. The molecule has 0 bridgehead atoms. The van der Waals surface area contributed by atoms with Gasteiger partial charge < -0.3 is 5.32 Å². The Bertz CT molecular complexity index is 308. The Morgan fingerprint density at radius 2 is 2.15 bits per heavy atom. The number of hydrogen-bond acceptors (Lipinski definition) is 1. The molecule has 0 saturated carbocycles. The summed E-state index contributed by atoms with van der Waals surface area (Å²) in [6.07, 6.45) is 0. The lowest BCUT2D eigenvalue weighted by Crippen LogP contribution is -2.02. The second-order valence-electron chi connectivity index (χ2n) is 2.79. The van der Waals surface area contributed by atoms with Crippen molar-refractivity contribution in [1.82, 2.24) is 0 Å². The molecular formula is C10H11Cl2N. The van der Waals surface area contributed by atoms with Gasteiger partial charge in [-0.3, -0.25) is 0 Å². The highest BCUT2D eigenvalue weighted by Crippen LogP contribution is 2.20. The van der Waals surface area contributed by atoms with Crippen molar-refractivity contribution < 1.29 is 0 Å². The summed E-state index contributed by atoms with van der Waals surface area (Å²) in [6, 6.07) is 7.62. The summed E-state index contributed by atoms with van der Waals surface area (Å²) in [5.41, 5.74) is 3.56. The van der Waals surface area contributed by atoms with Gasteiger partial charge in [0, 0.05) is 12.1 Å². The number of halogens is 2. The van der Waals surface area contributed by atoms with Gasteiger partial charge in [-0.15, -0.1) is 0 Å². The van der Waals surface area contributed by atoms with Crippen LogP contribution in [0.1, 0.15) is 6.92 Å². The molecule has 0 aliphatic rings. The number of rotatable bonds is 3. The number of nitrogens with one attached hydrogen (secondary N) is 1. The van der Waals surface area contributed by atoms with Crippen LogP contribution in [0.2, 0.25) is 5.02 Å². The Morgan fingerprint density at radius 1 is 1.46 bits per heavy atom. The minimum absolute atomic E-state index is 0.716. The molecule has 0 unspecified atom stereocenters. The van der Waals surface area contributed by atoms with Crippen molar-refractivity contribution in [2.45, 2.75) is 6.92 Å². The first kappa shape index (κ1) is 10.4. The van der Waals surface area contributed by atoms with Crippen LogP contribution in [0.25, 0.3) is 0 Å². The molecule has 1 rings (SSSR count). The van der Waals surface area contributed by atoms with E-state index in [0.717, 1.165) is 16.3 Å². The van der Waals surface area contributed by atoms with Gasteiger partial charge in [-0.25, -0.2) is 0 Å². The van der Waals surface area contributed by atoms with E-state index in [-0.39, 0.29) is 0 Å². The number of hydrogen-bond donors (Lipinski definition) is 1. The quantitative estimate of drug-likeness (QED) is 0.807. The lowest BCUT2D eigenvalue weighted by molar-refractivity contribution is 1.21. The normalized spacial score (nSPS) is 11.5. The standard InChI is InChI=1S/C10H11Cl2N/c1-8(6-11)7-13-10-5-3-2-4-9(10)12/h2-6,13H,7H2,1H3/b8-6-. The zero-order valence-electron chi connectivity index (χ0n) is 7.35. The van der Waals surface area contributed by atoms with E-state index in [0.29, 0.717) is 6.54 Å². The molecule has 3 heteroatoms. The van der Waals surface area contributed by atoms with Crippen LogP contribution in [0.15, 0.2) is 35.4 Å². The third kappa shape index (κ3) is 3.29. The van der Waals surface area contributed by atoms with Crippen LogP contribution in [0.4, 0.5) is 5.69 Å². The van der Waals surface area contributed by atoms with Crippen LogP contribution in [0.3, 0.4) is 0 Å². The van der Waals surface area contributed by atoms with E-state index in [1.54, 1.807) is 5.54 Å². The second-order valence-corrected chi connectivity index (χ2v) is 3.41. The van der Waals surface area contributed by atoms with Gasteiger partial charge in [0.05, 0.1) is 10.7 Å². The smallest absolute Gasteiger partial charge is 0.0637 e.